The van der Waals surface area contributed by atoms with Gasteiger partial charge in [-0.05, 0) is 46.1 Å². The molecule has 0 bridgehead atoms. The van der Waals surface area contributed by atoms with Gasteiger partial charge in [-0.2, -0.15) is 0 Å². The summed E-state index contributed by atoms with van der Waals surface area (Å²) in [7, 11) is 0. The molecule has 1 heterocycles. The zero-order valence-corrected chi connectivity index (χ0v) is 16.3. The highest BCUT2D eigenvalue weighted by Gasteiger charge is 2.32. The smallest absolute Gasteiger partial charge is 0.0701 e. The third-order valence-corrected chi connectivity index (χ3v) is 7.20. The van der Waals surface area contributed by atoms with Gasteiger partial charge in [0.15, 0.2) is 0 Å². The summed E-state index contributed by atoms with van der Waals surface area (Å²) >= 11 is 19.0. The fourth-order valence-electron chi connectivity index (χ4n) is 2.04. The third-order valence-electron chi connectivity index (χ3n) is 3.10. The number of alkyl halides is 2. The van der Waals surface area contributed by atoms with Gasteiger partial charge in [-0.25, -0.2) is 0 Å². The Labute approximate surface area is 147 Å². The van der Waals surface area contributed by atoms with Crippen molar-refractivity contribution in [2.24, 2.45) is 0 Å². The van der Waals surface area contributed by atoms with Crippen molar-refractivity contribution in [2.75, 3.05) is 10.7 Å². The summed E-state index contributed by atoms with van der Waals surface area (Å²) in [6, 6.07) is 12.4. The molecule has 1 aromatic heterocycles. The van der Waals surface area contributed by atoms with Gasteiger partial charge in [-0.15, -0.1) is 11.3 Å². The lowest BCUT2D eigenvalue weighted by atomic mass is 9.81. The van der Waals surface area contributed by atoms with E-state index in [0.717, 1.165) is 22.1 Å². The first kappa shape index (κ1) is 16.0. The summed E-state index contributed by atoms with van der Waals surface area (Å²) < 4.78 is 1.17. The molecule has 2 aromatic rings. The molecule has 5 heteroatoms. The Morgan fingerprint density at radius 3 is 2.26 bits per heavy atom. The highest BCUT2D eigenvalue weighted by atomic mass is 79.9. The Morgan fingerprint density at radius 1 is 1.05 bits per heavy atom. The second kappa shape index (κ2) is 7.08. The Bertz CT molecular complexity index is 549. The van der Waals surface area contributed by atoms with Gasteiger partial charge in [0, 0.05) is 26.0 Å². The van der Waals surface area contributed by atoms with Crippen LogP contribution in [0.1, 0.15) is 10.4 Å². The van der Waals surface area contributed by atoms with Crippen molar-refractivity contribution in [3.8, 4) is 0 Å². The van der Waals surface area contributed by atoms with Crippen LogP contribution in [0, 0.1) is 0 Å². The summed E-state index contributed by atoms with van der Waals surface area (Å²) in [6.07, 6.45) is 0.962. The first-order chi connectivity index (χ1) is 9.11. The van der Waals surface area contributed by atoms with Gasteiger partial charge in [-0.1, -0.05) is 61.7 Å². The van der Waals surface area contributed by atoms with E-state index in [1.807, 2.05) is 18.2 Å². The summed E-state index contributed by atoms with van der Waals surface area (Å²) in [5.74, 6) is 0. The highest BCUT2D eigenvalue weighted by molar-refractivity contribution is 9.11. The fraction of sp³-hybridized carbons (Fsp3) is 0.286. The molecular formula is C14H12Br3ClS. The molecule has 102 valence electrons. The van der Waals surface area contributed by atoms with Gasteiger partial charge in [0.1, 0.15) is 0 Å². The molecule has 0 fully saturated rings. The summed E-state index contributed by atoms with van der Waals surface area (Å²) in [5.41, 5.74) is 1.16. The van der Waals surface area contributed by atoms with Crippen LogP contribution in [0.2, 0.25) is 5.02 Å². The monoisotopic (exact) mass is 484 g/mol. The van der Waals surface area contributed by atoms with Gasteiger partial charge in [0.05, 0.1) is 3.79 Å². The molecule has 0 aliphatic heterocycles. The molecule has 0 saturated heterocycles. The zero-order chi connectivity index (χ0) is 13.9. The molecular weight excluding hydrogens is 475 g/mol. The van der Waals surface area contributed by atoms with Crippen LogP contribution in [0.25, 0.3) is 0 Å². The predicted octanol–water partition coefficient (Wildman–Crippen LogP) is 6.43. The Kier molecular flexibility index (Phi) is 5.97. The largest absolute Gasteiger partial charge is 0.133 e. The van der Waals surface area contributed by atoms with Crippen LogP contribution in [-0.2, 0) is 11.8 Å². The SMILES string of the molecule is Clc1ccccc1C(CBr)(CBr)Cc1ccc(Br)s1. The topological polar surface area (TPSA) is 0 Å². The van der Waals surface area contributed by atoms with Gasteiger partial charge >= 0.3 is 0 Å². The number of benzene rings is 1. The maximum atomic E-state index is 6.39. The molecule has 0 amide bonds. The van der Waals surface area contributed by atoms with Crippen molar-refractivity contribution in [1.82, 2.24) is 0 Å². The molecule has 0 radical (unpaired) electrons. The van der Waals surface area contributed by atoms with Crippen LogP contribution < -0.4 is 0 Å². The summed E-state index contributed by atoms with van der Waals surface area (Å²) in [4.78, 5) is 1.35. The van der Waals surface area contributed by atoms with E-state index in [1.165, 1.54) is 14.2 Å². The molecule has 0 saturated carbocycles. The number of thiophene rings is 1. The number of hydrogen-bond acceptors (Lipinski definition) is 1. The van der Waals surface area contributed by atoms with Crippen molar-refractivity contribution in [1.29, 1.82) is 0 Å². The summed E-state index contributed by atoms with van der Waals surface area (Å²) in [6.45, 7) is 0. The first-order valence-electron chi connectivity index (χ1n) is 5.72. The highest BCUT2D eigenvalue weighted by Crippen LogP contribution is 2.38. The molecule has 0 unspecified atom stereocenters. The lowest BCUT2D eigenvalue weighted by molar-refractivity contribution is 0.556. The second-order valence-electron chi connectivity index (χ2n) is 4.41. The standard InChI is InChI=1S/C14H12Br3ClS/c15-8-14(9-16,7-10-5-6-13(17)19-10)11-3-1-2-4-12(11)18/h1-6H,7-9H2. The van der Waals surface area contributed by atoms with E-state index in [9.17, 15) is 0 Å². The van der Waals surface area contributed by atoms with Crippen molar-refractivity contribution in [3.63, 3.8) is 0 Å². The quantitative estimate of drug-likeness (QED) is 0.426. The molecule has 0 spiro atoms. The fourth-order valence-corrected chi connectivity index (χ4v) is 5.93. The zero-order valence-electron chi connectivity index (χ0n) is 10.0. The molecule has 0 aliphatic carbocycles. The average molecular weight is 487 g/mol. The Balaban J connectivity index is 2.40. The van der Waals surface area contributed by atoms with E-state index < -0.39 is 0 Å². The molecule has 0 atom stereocenters. The number of halogens is 4. The van der Waals surface area contributed by atoms with E-state index in [4.69, 9.17) is 11.6 Å². The predicted molar refractivity (Wildman–Crippen MR) is 96.4 cm³/mol. The molecule has 0 nitrogen and oxygen atoms in total. The Morgan fingerprint density at radius 2 is 1.74 bits per heavy atom. The lowest BCUT2D eigenvalue weighted by Gasteiger charge is -2.31. The van der Waals surface area contributed by atoms with Crippen molar-refractivity contribution in [3.05, 3.63) is 55.6 Å². The van der Waals surface area contributed by atoms with Crippen molar-refractivity contribution in [2.45, 2.75) is 11.8 Å². The van der Waals surface area contributed by atoms with Gasteiger partial charge in [0.25, 0.3) is 0 Å². The molecule has 19 heavy (non-hydrogen) atoms. The average Bonchev–Trinajstić information content (AvgIpc) is 2.82. The van der Waals surface area contributed by atoms with Gasteiger partial charge in [0.2, 0.25) is 0 Å². The van der Waals surface area contributed by atoms with E-state index in [1.54, 1.807) is 11.3 Å². The van der Waals surface area contributed by atoms with Crippen molar-refractivity contribution < 1.29 is 0 Å². The maximum Gasteiger partial charge on any atom is 0.0701 e. The normalized spacial score (nSPS) is 11.8. The van der Waals surface area contributed by atoms with Crippen LogP contribution in [0.3, 0.4) is 0 Å². The molecule has 0 N–H and O–H groups in total. The van der Waals surface area contributed by atoms with Crippen LogP contribution in [0.5, 0.6) is 0 Å². The third kappa shape index (κ3) is 3.65. The van der Waals surface area contributed by atoms with Gasteiger partial charge < -0.3 is 0 Å². The van der Waals surface area contributed by atoms with E-state index in [2.05, 4.69) is 66.0 Å². The van der Waals surface area contributed by atoms with E-state index in [0.29, 0.717) is 0 Å². The molecule has 1 aromatic carbocycles. The van der Waals surface area contributed by atoms with Crippen LogP contribution >= 0.6 is 70.7 Å². The second-order valence-corrected chi connectivity index (χ2v) is 8.49. The minimum atomic E-state index is -0.0252. The van der Waals surface area contributed by atoms with Gasteiger partial charge in [-0.3, -0.25) is 0 Å². The molecule has 2 rings (SSSR count). The minimum Gasteiger partial charge on any atom is -0.133 e. The van der Waals surface area contributed by atoms with Crippen molar-refractivity contribution >= 4 is 70.7 Å². The minimum absolute atomic E-state index is 0.0252. The lowest BCUT2D eigenvalue weighted by Crippen LogP contribution is -2.33. The first-order valence-corrected chi connectivity index (χ1v) is 9.95. The van der Waals surface area contributed by atoms with E-state index in [-0.39, 0.29) is 5.41 Å². The molecule has 0 aliphatic rings. The maximum absolute atomic E-state index is 6.39. The van der Waals surface area contributed by atoms with Crippen LogP contribution in [0.15, 0.2) is 40.2 Å². The Hall–Kier alpha value is 0.650. The van der Waals surface area contributed by atoms with Crippen LogP contribution in [0.4, 0.5) is 0 Å². The van der Waals surface area contributed by atoms with E-state index >= 15 is 0 Å². The number of hydrogen-bond donors (Lipinski definition) is 0. The number of rotatable bonds is 5. The van der Waals surface area contributed by atoms with Crippen LogP contribution in [-0.4, -0.2) is 10.7 Å². The summed E-state index contributed by atoms with van der Waals surface area (Å²) in [5, 5.41) is 2.56.